The summed E-state index contributed by atoms with van der Waals surface area (Å²) in [5, 5.41) is 11.0. The Morgan fingerprint density at radius 3 is 2.50 bits per heavy atom. The number of hydrogen-bond acceptors (Lipinski definition) is 4. The molecule has 1 aliphatic heterocycles. The van der Waals surface area contributed by atoms with Gasteiger partial charge in [-0.1, -0.05) is 35.0 Å². The summed E-state index contributed by atoms with van der Waals surface area (Å²) < 4.78 is 7.09. The lowest BCUT2D eigenvalue weighted by atomic mass is 9.98. The fraction of sp³-hybridized carbons (Fsp3) is 0.348. The zero-order valence-corrected chi connectivity index (χ0v) is 17.8. The smallest absolute Gasteiger partial charge is 0.200 e. The second kappa shape index (κ2) is 7.72. The molecule has 1 fully saturated rings. The second-order valence-corrected chi connectivity index (χ2v) is 8.68. The third-order valence-corrected chi connectivity index (χ3v) is 6.23. The molecule has 4 rings (SSSR count). The van der Waals surface area contributed by atoms with Crippen LogP contribution in [0, 0.1) is 12.8 Å². The number of rotatable bonds is 3. The maximum atomic E-state index is 13.3. The number of nitrogens with zero attached hydrogens (tertiary/aromatic N) is 1. The van der Waals surface area contributed by atoms with Gasteiger partial charge in [-0.25, -0.2) is 0 Å². The van der Waals surface area contributed by atoms with Crippen LogP contribution >= 0.6 is 15.9 Å². The van der Waals surface area contributed by atoms with Gasteiger partial charge in [0, 0.05) is 11.0 Å². The van der Waals surface area contributed by atoms with Crippen molar-refractivity contribution in [2.75, 3.05) is 13.1 Å². The Kier molecular flexibility index (Phi) is 5.30. The molecule has 1 saturated heterocycles. The van der Waals surface area contributed by atoms with Crippen LogP contribution in [0.25, 0.3) is 22.1 Å². The first-order valence-corrected chi connectivity index (χ1v) is 10.5. The fourth-order valence-corrected chi connectivity index (χ4v) is 4.22. The lowest BCUT2D eigenvalue weighted by molar-refractivity contribution is 0.183. The quantitative estimate of drug-likeness (QED) is 0.585. The Balaban J connectivity index is 1.81. The monoisotopic (exact) mass is 441 g/mol. The molecule has 28 heavy (non-hydrogen) atoms. The Bertz CT molecular complexity index is 1060. The largest absolute Gasteiger partial charge is 0.507 e. The van der Waals surface area contributed by atoms with Gasteiger partial charge in [0.2, 0.25) is 5.43 Å². The third-order valence-electron chi connectivity index (χ3n) is 5.71. The van der Waals surface area contributed by atoms with Crippen LogP contribution in [-0.2, 0) is 6.54 Å². The van der Waals surface area contributed by atoms with Crippen LogP contribution < -0.4 is 5.43 Å². The SMILES string of the molecule is Cc1oc2c(CN3CCC(C)CC3)c(O)ccc2c(=O)c1-c1ccc(Br)cc1. The molecule has 0 spiro atoms. The first-order chi connectivity index (χ1) is 13.4. The Morgan fingerprint density at radius 1 is 1.14 bits per heavy atom. The Labute approximate surface area is 172 Å². The number of halogens is 1. The lowest BCUT2D eigenvalue weighted by Gasteiger charge is -2.30. The number of phenolic OH excluding ortho intramolecular Hbond substituents is 1. The zero-order valence-electron chi connectivity index (χ0n) is 16.2. The van der Waals surface area contributed by atoms with Gasteiger partial charge in [0.1, 0.15) is 17.1 Å². The van der Waals surface area contributed by atoms with Crippen LogP contribution in [0.15, 0.2) is 50.1 Å². The summed E-state index contributed by atoms with van der Waals surface area (Å²) >= 11 is 3.43. The van der Waals surface area contributed by atoms with Crippen LogP contribution in [0.4, 0.5) is 0 Å². The first-order valence-electron chi connectivity index (χ1n) is 9.70. The number of hydrogen-bond donors (Lipinski definition) is 1. The molecule has 0 radical (unpaired) electrons. The number of fused-ring (bicyclic) bond motifs is 1. The molecular formula is C23H24BrNO3. The average Bonchev–Trinajstić information content (AvgIpc) is 2.67. The molecule has 1 aromatic heterocycles. The molecule has 5 heteroatoms. The van der Waals surface area contributed by atoms with E-state index in [1.165, 1.54) is 0 Å². The zero-order chi connectivity index (χ0) is 19.8. The van der Waals surface area contributed by atoms with Crippen molar-refractivity contribution in [3.63, 3.8) is 0 Å². The van der Waals surface area contributed by atoms with Crippen molar-refractivity contribution < 1.29 is 9.52 Å². The predicted octanol–water partition coefficient (Wildman–Crippen LogP) is 5.47. The summed E-state index contributed by atoms with van der Waals surface area (Å²) in [7, 11) is 0. The molecule has 0 aliphatic carbocycles. The topological polar surface area (TPSA) is 53.7 Å². The van der Waals surface area contributed by atoms with Gasteiger partial charge < -0.3 is 9.52 Å². The van der Waals surface area contributed by atoms with Crippen molar-refractivity contribution in [2.24, 2.45) is 5.92 Å². The molecule has 4 nitrogen and oxygen atoms in total. The number of phenols is 1. The first kappa shape index (κ1) is 19.2. The highest BCUT2D eigenvalue weighted by Gasteiger charge is 2.21. The van der Waals surface area contributed by atoms with Crippen LogP contribution in [0.2, 0.25) is 0 Å². The predicted molar refractivity (Wildman–Crippen MR) is 116 cm³/mol. The maximum Gasteiger partial charge on any atom is 0.200 e. The molecule has 0 atom stereocenters. The average molecular weight is 442 g/mol. The van der Waals surface area contributed by atoms with Crippen LogP contribution in [-0.4, -0.2) is 23.1 Å². The van der Waals surface area contributed by atoms with E-state index < -0.39 is 0 Å². The standard InChI is InChI=1S/C23H24BrNO3/c1-14-9-11-25(12-10-14)13-19-20(26)8-7-18-22(27)21(15(2)28-23(18)19)16-3-5-17(24)6-4-16/h3-8,14,26H,9-13H2,1-2H3. The maximum absolute atomic E-state index is 13.3. The van der Waals surface area contributed by atoms with E-state index in [2.05, 4.69) is 27.8 Å². The van der Waals surface area contributed by atoms with Gasteiger partial charge >= 0.3 is 0 Å². The molecule has 2 heterocycles. The van der Waals surface area contributed by atoms with Gasteiger partial charge in [-0.15, -0.1) is 0 Å². The summed E-state index contributed by atoms with van der Waals surface area (Å²) in [5.41, 5.74) is 2.55. The third kappa shape index (κ3) is 3.61. The number of benzene rings is 2. The number of aromatic hydroxyl groups is 1. The minimum absolute atomic E-state index is 0.0606. The second-order valence-electron chi connectivity index (χ2n) is 7.77. The summed E-state index contributed by atoms with van der Waals surface area (Å²) in [6.45, 7) is 6.68. The van der Waals surface area contributed by atoms with Gasteiger partial charge in [0.05, 0.1) is 16.5 Å². The molecule has 0 unspecified atom stereocenters. The van der Waals surface area contributed by atoms with E-state index in [0.717, 1.165) is 41.9 Å². The number of piperidine rings is 1. The molecule has 146 valence electrons. The fourth-order valence-electron chi connectivity index (χ4n) is 3.96. The van der Waals surface area contributed by atoms with E-state index >= 15 is 0 Å². The van der Waals surface area contributed by atoms with Crippen LogP contribution in [0.5, 0.6) is 5.75 Å². The van der Waals surface area contributed by atoms with Crippen molar-refractivity contribution in [1.82, 2.24) is 4.90 Å². The van der Waals surface area contributed by atoms with Gasteiger partial charge in [-0.05, 0) is 68.6 Å². The highest BCUT2D eigenvalue weighted by atomic mass is 79.9. The van der Waals surface area contributed by atoms with E-state index in [4.69, 9.17) is 4.42 Å². The summed E-state index contributed by atoms with van der Waals surface area (Å²) in [4.78, 5) is 15.6. The van der Waals surface area contributed by atoms with Gasteiger partial charge in [-0.3, -0.25) is 9.69 Å². The van der Waals surface area contributed by atoms with Crippen molar-refractivity contribution in [1.29, 1.82) is 0 Å². The van der Waals surface area contributed by atoms with E-state index in [9.17, 15) is 9.90 Å². The van der Waals surface area contributed by atoms with Crippen molar-refractivity contribution in [3.8, 4) is 16.9 Å². The summed E-state index contributed by atoms with van der Waals surface area (Å²) in [5.74, 6) is 1.50. The molecule has 1 N–H and O–H groups in total. The van der Waals surface area contributed by atoms with Crippen molar-refractivity contribution in [2.45, 2.75) is 33.2 Å². The molecule has 0 saturated carbocycles. The molecular weight excluding hydrogens is 418 g/mol. The minimum atomic E-state index is -0.0606. The van der Waals surface area contributed by atoms with E-state index in [-0.39, 0.29) is 11.2 Å². The Hall–Kier alpha value is -2.11. The van der Waals surface area contributed by atoms with E-state index in [1.807, 2.05) is 31.2 Å². The molecule has 0 bridgehead atoms. The summed E-state index contributed by atoms with van der Waals surface area (Å²) in [6, 6.07) is 10.9. The number of likely N-dealkylation sites (tertiary alicyclic amines) is 1. The van der Waals surface area contributed by atoms with Gasteiger partial charge in [-0.2, -0.15) is 0 Å². The van der Waals surface area contributed by atoms with E-state index in [1.54, 1.807) is 12.1 Å². The van der Waals surface area contributed by atoms with Crippen molar-refractivity contribution in [3.05, 3.63) is 62.4 Å². The highest BCUT2D eigenvalue weighted by molar-refractivity contribution is 9.10. The molecule has 2 aromatic carbocycles. The molecule has 1 aliphatic rings. The van der Waals surface area contributed by atoms with Gasteiger partial charge in [0.15, 0.2) is 0 Å². The highest BCUT2D eigenvalue weighted by Crippen LogP contribution is 2.32. The van der Waals surface area contributed by atoms with Crippen LogP contribution in [0.1, 0.15) is 31.1 Å². The van der Waals surface area contributed by atoms with Crippen LogP contribution in [0.3, 0.4) is 0 Å². The summed E-state index contributed by atoms with van der Waals surface area (Å²) in [6.07, 6.45) is 2.31. The lowest BCUT2D eigenvalue weighted by Crippen LogP contribution is -2.32. The van der Waals surface area contributed by atoms with Crippen molar-refractivity contribution >= 4 is 26.9 Å². The van der Waals surface area contributed by atoms with Gasteiger partial charge in [0.25, 0.3) is 0 Å². The molecule has 0 amide bonds. The number of aryl methyl sites for hydroxylation is 1. The van der Waals surface area contributed by atoms with E-state index in [0.29, 0.717) is 34.4 Å². The Morgan fingerprint density at radius 2 is 1.82 bits per heavy atom. The normalized spacial score (nSPS) is 16.0. The molecule has 3 aromatic rings. The minimum Gasteiger partial charge on any atom is -0.507 e.